The van der Waals surface area contributed by atoms with Crippen LogP contribution in [-0.4, -0.2) is 56.5 Å². The van der Waals surface area contributed by atoms with Crippen molar-refractivity contribution in [3.8, 4) is 0 Å². The molecule has 0 fully saturated rings. The Morgan fingerprint density at radius 1 is 1.29 bits per heavy atom. The first kappa shape index (κ1) is 12.5. The second-order valence-corrected chi connectivity index (χ2v) is 3.04. The molecule has 1 amide bonds. The van der Waals surface area contributed by atoms with Crippen molar-refractivity contribution in [1.82, 2.24) is 9.80 Å². The summed E-state index contributed by atoms with van der Waals surface area (Å²) in [5.41, 5.74) is 0. The SMILES string of the molecule is COC(=O)C=CN(C)CC(=O)N(C)C. The van der Waals surface area contributed by atoms with Gasteiger partial charge in [-0.25, -0.2) is 4.79 Å². The molecule has 14 heavy (non-hydrogen) atoms. The van der Waals surface area contributed by atoms with Gasteiger partial charge in [0.1, 0.15) is 0 Å². The summed E-state index contributed by atoms with van der Waals surface area (Å²) in [7, 11) is 6.37. The van der Waals surface area contributed by atoms with E-state index >= 15 is 0 Å². The molecule has 0 heterocycles. The van der Waals surface area contributed by atoms with E-state index < -0.39 is 5.97 Å². The van der Waals surface area contributed by atoms with Gasteiger partial charge in [0.25, 0.3) is 0 Å². The number of ether oxygens (including phenoxy) is 1. The van der Waals surface area contributed by atoms with Gasteiger partial charge in [0, 0.05) is 33.4 Å². The molecule has 0 radical (unpaired) electrons. The molecule has 0 saturated heterocycles. The zero-order chi connectivity index (χ0) is 11.1. The Labute approximate surface area is 83.9 Å². The van der Waals surface area contributed by atoms with Crippen LogP contribution in [0.15, 0.2) is 12.3 Å². The van der Waals surface area contributed by atoms with Crippen molar-refractivity contribution in [2.75, 3.05) is 34.8 Å². The first-order valence-corrected chi connectivity index (χ1v) is 4.14. The van der Waals surface area contributed by atoms with Gasteiger partial charge in [-0.05, 0) is 0 Å². The topological polar surface area (TPSA) is 49.9 Å². The average Bonchev–Trinajstić information content (AvgIpc) is 2.13. The Morgan fingerprint density at radius 2 is 1.86 bits per heavy atom. The third-order valence-corrected chi connectivity index (χ3v) is 1.55. The molecule has 0 aliphatic heterocycles. The monoisotopic (exact) mass is 200 g/mol. The van der Waals surface area contributed by atoms with Gasteiger partial charge < -0.3 is 14.5 Å². The number of carbonyl (C=O) groups is 2. The van der Waals surface area contributed by atoms with Crippen LogP contribution in [0.1, 0.15) is 0 Å². The smallest absolute Gasteiger partial charge is 0.331 e. The maximum absolute atomic E-state index is 11.2. The molecule has 0 rings (SSSR count). The van der Waals surface area contributed by atoms with E-state index in [0.717, 1.165) is 0 Å². The Bertz CT molecular complexity index is 236. The summed E-state index contributed by atoms with van der Waals surface area (Å²) in [6.07, 6.45) is 2.77. The lowest BCUT2D eigenvalue weighted by molar-refractivity contribution is -0.135. The van der Waals surface area contributed by atoms with Crippen molar-refractivity contribution in [2.45, 2.75) is 0 Å². The van der Waals surface area contributed by atoms with Crippen LogP contribution in [0.2, 0.25) is 0 Å². The van der Waals surface area contributed by atoms with E-state index in [1.807, 2.05) is 0 Å². The number of carbonyl (C=O) groups excluding carboxylic acids is 2. The standard InChI is InChI=1S/C9H16N2O3/c1-10(2)8(12)7-11(3)6-5-9(13)14-4/h5-6H,7H2,1-4H3. The fourth-order valence-corrected chi connectivity index (χ4v) is 0.664. The van der Waals surface area contributed by atoms with E-state index in [4.69, 9.17) is 0 Å². The highest BCUT2D eigenvalue weighted by Gasteiger charge is 2.05. The summed E-state index contributed by atoms with van der Waals surface area (Å²) in [6, 6.07) is 0. The normalized spacial score (nSPS) is 10.0. The number of methoxy groups -OCH3 is 1. The van der Waals surface area contributed by atoms with Crippen LogP contribution in [0.25, 0.3) is 0 Å². The lowest BCUT2D eigenvalue weighted by atomic mass is 10.5. The summed E-state index contributed by atoms with van der Waals surface area (Å²) >= 11 is 0. The first-order chi connectivity index (χ1) is 6.47. The summed E-state index contributed by atoms with van der Waals surface area (Å²) in [5.74, 6) is -0.462. The summed E-state index contributed by atoms with van der Waals surface area (Å²) < 4.78 is 4.41. The van der Waals surface area contributed by atoms with Crippen LogP contribution in [0.5, 0.6) is 0 Å². The lowest BCUT2D eigenvalue weighted by Gasteiger charge is -2.16. The van der Waals surface area contributed by atoms with Crippen LogP contribution < -0.4 is 0 Å². The van der Waals surface area contributed by atoms with E-state index in [0.29, 0.717) is 0 Å². The fraction of sp³-hybridized carbons (Fsp3) is 0.556. The van der Waals surface area contributed by atoms with E-state index in [1.54, 1.807) is 26.0 Å². The van der Waals surface area contributed by atoms with Crippen LogP contribution in [0, 0.1) is 0 Å². The molecule has 0 aromatic carbocycles. The second-order valence-electron chi connectivity index (χ2n) is 3.04. The molecule has 80 valence electrons. The van der Waals surface area contributed by atoms with E-state index in [9.17, 15) is 9.59 Å². The number of esters is 1. The Kier molecular flexibility index (Phi) is 5.36. The van der Waals surface area contributed by atoms with Gasteiger partial charge in [-0.3, -0.25) is 4.79 Å². The molecule has 0 N–H and O–H groups in total. The predicted octanol–water partition coefficient (Wildman–Crippen LogP) is -0.307. The van der Waals surface area contributed by atoms with Crippen LogP contribution in [0.4, 0.5) is 0 Å². The second kappa shape index (κ2) is 6.01. The highest BCUT2D eigenvalue weighted by atomic mass is 16.5. The third-order valence-electron chi connectivity index (χ3n) is 1.55. The van der Waals surface area contributed by atoms with Crippen molar-refractivity contribution < 1.29 is 14.3 Å². The van der Waals surface area contributed by atoms with E-state index in [1.165, 1.54) is 24.3 Å². The van der Waals surface area contributed by atoms with Crippen molar-refractivity contribution in [3.63, 3.8) is 0 Å². The van der Waals surface area contributed by atoms with Gasteiger partial charge in [-0.15, -0.1) is 0 Å². The quantitative estimate of drug-likeness (QED) is 0.461. The number of likely N-dealkylation sites (N-methyl/N-ethyl adjacent to an activating group) is 2. The molecule has 0 spiro atoms. The average molecular weight is 200 g/mol. The molecule has 0 aromatic rings. The van der Waals surface area contributed by atoms with E-state index in [-0.39, 0.29) is 12.5 Å². The lowest BCUT2D eigenvalue weighted by Crippen LogP contribution is -2.31. The summed E-state index contributed by atoms with van der Waals surface area (Å²) in [5, 5.41) is 0. The zero-order valence-electron chi connectivity index (χ0n) is 8.98. The molecule has 0 atom stereocenters. The summed E-state index contributed by atoms with van der Waals surface area (Å²) in [4.78, 5) is 25.0. The Hall–Kier alpha value is -1.52. The number of amides is 1. The van der Waals surface area contributed by atoms with E-state index in [2.05, 4.69) is 4.74 Å². The van der Waals surface area contributed by atoms with Crippen molar-refractivity contribution >= 4 is 11.9 Å². The number of rotatable bonds is 4. The highest BCUT2D eigenvalue weighted by molar-refractivity contribution is 5.82. The van der Waals surface area contributed by atoms with Gasteiger partial charge in [0.05, 0.1) is 13.7 Å². The molecule has 0 aliphatic carbocycles. The maximum Gasteiger partial charge on any atom is 0.331 e. The predicted molar refractivity (Wildman–Crippen MR) is 52.5 cm³/mol. The minimum atomic E-state index is -0.436. The minimum absolute atomic E-state index is 0.0259. The zero-order valence-corrected chi connectivity index (χ0v) is 8.98. The largest absolute Gasteiger partial charge is 0.466 e. The molecule has 0 saturated carbocycles. The maximum atomic E-state index is 11.2. The number of hydrogen-bond donors (Lipinski definition) is 0. The Balaban J connectivity index is 3.98. The van der Waals surface area contributed by atoms with Crippen LogP contribution in [-0.2, 0) is 14.3 Å². The van der Waals surface area contributed by atoms with Gasteiger partial charge in [-0.2, -0.15) is 0 Å². The highest BCUT2D eigenvalue weighted by Crippen LogP contribution is 1.88. The molecule has 0 aromatic heterocycles. The van der Waals surface area contributed by atoms with Crippen molar-refractivity contribution in [1.29, 1.82) is 0 Å². The molecular weight excluding hydrogens is 184 g/mol. The van der Waals surface area contributed by atoms with Gasteiger partial charge in [0.15, 0.2) is 0 Å². The molecule has 5 heteroatoms. The summed E-state index contributed by atoms with van der Waals surface area (Å²) in [6.45, 7) is 0.237. The van der Waals surface area contributed by atoms with Gasteiger partial charge in [-0.1, -0.05) is 0 Å². The molecule has 0 aliphatic rings. The van der Waals surface area contributed by atoms with Gasteiger partial charge >= 0.3 is 5.97 Å². The minimum Gasteiger partial charge on any atom is -0.466 e. The fourth-order valence-electron chi connectivity index (χ4n) is 0.664. The Morgan fingerprint density at radius 3 is 2.29 bits per heavy atom. The van der Waals surface area contributed by atoms with Crippen LogP contribution in [0.3, 0.4) is 0 Å². The third kappa shape index (κ3) is 5.18. The molecule has 0 bridgehead atoms. The number of nitrogens with zero attached hydrogens (tertiary/aromatic N) is 2. The van der Waals surface area contributed by atoms with Crippen LogP contribution >= 0.6 is 0 Å². The number of hydrogen-bond acceptors (Lipinski definition) is 4. The molecule has 5 nitrogen and oxygen atoms in total. The molecule has 0 unspecified atom stereocenters. The van der Waals surface area contributed by atoms with Crippen molar-refractivity contribution in [2.24, 2.45) is 0 Å². The molecular formula is C9H16N2O3. The first-order valence-electron chi connectivity index (χ1n) is 4.14. The van der Waals surface area contributed by atoms with Gasteiger partial charge in [0.2, 0.25) is 5.91 Å². The van der Waals surface area contributed by atoms with Crippen molar-refractivity contribution in [3.05, 3.63) is 12.3 Å².